The molecule has 1 N–H and O–H groups in total. The zero-order valence-electron chi connectivity index (χ0n) is 21.9. The van der Waals surface area contributed by atoms with E-state index in [9.17, 15) is 22.4 Å². The van der Waals surface area contributed by atoms with Crippen LogP contribution in [0.5, 0.6) is 5.75 Å². The highest BCUT2D eigenvalue weighted by Gasteiger charge is 2.32. The molecule has 0 heterocycles. The van der Waals surface area contributed by atoms with Gasteiger partial charge in [-0.05, 0) is 87.0 Å². The van der Waals surface area contributed by atoms with E-state index in [0.29, 0.717) is 29.5 Å². The molecule has 39 heavy (non-hydrogen) atoms. The average Bonchev–Trinajstić information content (AvgIpc) is 2.91. The molecular formula is C28H31ClFN3O5S. The first-order chi connectivity index (χ1) is 18.6. The van der Waals surface area contributed by atoms with E-state index in [1.165, 1.54) is 17.0 Å². The summed E-state index contributed by atoms with van der Waals surface area (Å²) in [5.74, 6) is -1.07. The molecule has 2 amide bonds. The summed E-state index contributed by atoms with van der Waals surface area (Å²) in [5.41, 5.74) is 0.866. The first-order valence-corrected chi connectivity index (χ1v) is 14.2. The first kappa shape index (κ1) is 29.9. The molecule has 3 aromatic rings. The molecule has 3 rings (SSSR count). The first-order valence-electron chi connectivity index (χ1n) is 12.4. The lowest BCUT2D eigenvalue weighted by Crippen LogP contribution is -2.51. The summed E-state index contributed by atoms with van der Waals surface area (Å²) in [7, 11) is -4.30. The number of hydrogen-bond acceptors (Lipinski definition) is 5. The second-order valence-corrected chi connectivity index (χ2v) is 10.9. The zero-order valence-corrected chi connectivity index (χ0v) is 23.5. The number of likely N-dealkylation sites (N-methyl/N-ethyl adjacent to an activating group) is 1. The van der Waals surface area contributed by atoms with Crippen LogP contribution in [0.25, 0.3) is 0 Å². The van der Waals surface area contributed by atoms with Gasteiger partial charge in [0.05, 0.1) is 17.2 Å². The van der Waals surface area contributed by atoms with E-state index in [2.05, 4.69) is 5.32 Å². The van der Waals surface area contributed by atoms with Crippen molar-refractivity contribution in [2.45, 2.75) is 38.3 Å². The Morgan fingerprint density at radius 1 is 1.03 bits per heavy atom. The van der Waals surface area contributed by atoms with Gasteiger partial charge in [-0.3, -0.25) is 13.9 Å². The molecule has 3 aromatic carbocycles. The minimum Gasteiger partial charge on any atom is -0.494 e. The lowest BCUT2D eigenvalue weighted by atomic mass is 10.1. The molecule has 0 aromatic heterocycles. The Morgan fingerprint density at radius 2 is 1.69 bits per heavy atom. The summed E-state index contributed by atoms with van der Waals surface area (Å²) < 4.78 is 47.4. The van der Waals surface area contributed by atoms with Crippen LogP contribution in [0.4, 0.5) is 10.1 Å². The van der Waals surface area contributed by atoms with E-state index in [4.69, 9.17) is 16.3 Å². The van der Waals surface area contributed by atoms with E-state index in [-0.39, 0.29) is 23.0 Å². The Hall–Kier alpha value is -3.63. The topological polar surface area (TPSA) is 96.0 Å². The number of halogens is 2. The molecule has 1 atom stereocenters. The number of nitrogens with one attached hydrogen (secondary N) is 1. The van der Waals surface area contributed by atoms with Crippen molar-refractivity contribution in [3.8, 4) is 5.75 Å². The Labute approximate surface area is 233 Å². The Balaban J connectivity index is 2.03. The monoisotopic (exact) mass is 575 g/mol. The standard InChI is InChI=1S/C28H31ClFN3O5S/c1-4-31-28(35)20(3)32(18-21-7-6-8-22(29)17-21)27(34)19-33(24-11-13-25(14-12-24)38-5-2)39(36,37)26-15-9-23(30)10-16-26/h6-17,20H,4-5,18-19H2,1-3H3,(H,31,35)/t20-/m1/s1. The minimum atomic E-state index is -4.30. The number of amides is 2. The second-order valence-electron chi connectivity index (χ2n) is 8.61. The van der Waals surface area contributed by atoms with Gasteiger partial charge in [-0.25, -0.2) is 12.8 Å². The molecule has 11 heteroatoms. The van der Waals surface area contributed by atoms with E-state index in [0.717, 1.165) is 28.6 Å². The summed E-state index contributed by atoms with van der Waals surface area (Å²) in [4.78, 5) is 27.6. The number of anilines is 1. The van der Waals surface area contributed by atoms with Crippen LogP contribution in [0.15, 0.2) is 77.7 Å². The van der Waals surface area contributed by atoms with Crippen molar-refractivity contribution in [3.05, 3.63) is 89.2 Å². The summed E-state index contributed by atoms with van der Waals surface area (Å²) in [6.45, 7) is 5.34. The molecule has 0 saturated carbocycles. The maximum Gasteiger partial charge on any atom is 0.264 e. The molecule has 208 valence electrons. The quantitative estimate of drug-likeness (QED) is 0.340. The van der Waals surface area contributed by atoms with Gasteiger partial charge in [-0.1, -0.05) is 23.7 Å². The predicted octanol–water partition coefficient (Wildman–Crippen LogP) is 4.63. The van der Waals surface area contributed by atoms with Crippen molar-refractivity contribution in [1.82, 2.24) is 10.2 Å². The molecule has 0 radical (unpaired) electrons. The normalized spacial score (nSPS) is 11.9. The van der Waals surface area contributed by atoms with Crippen LogP contribution in [0.1, 0.15) is 26.3 Å². The molecule has 0 saturated heterocycles. The number of sulfonamides is 1. The molecule has 0 fully saturated rings. The molecule has 0 spiro atoms. The largest absolute Gasteiger partial charge is 0.494 e. The number of nitrogens with zero attached hydrogens (tertiary/aromatic N) is 2. The highest BCUT2D eigenvalue weighted by Crippen LogP contribution is 2.27. The third-order valence-electron chi connectivity index (χ3n) is 5.88. The van der Waals surface area contributed by atoms with Gasteiger partial charge in [0.15, 0.2) is 0 Å². The third kappa shape index (κ3) is 7.70. The van der Waals surface area contributed by atoms with Crippen LogP contribution in [0.3, 0.4) is 0 Å². The maximum absolute atomic E-state index is 13.8. The van der Waals surface area contributed by atoms with Crippen LogP contribution in [0, 0.1) is 5.82 Å². The van der Waals surface area contributed by atoms with Crippen molar-refractivity contribution in [3.63, 3.8) is 0 Å². The van der Waals surface area contributed by atoms with Gasteiger partial charge >= 0.3 is 0 Å². The number of carbonyl (C=O) groups is 2. The summed E-state index contributed by atoms with van der Waals surface area (Å²) in [6.07, 6.45) is 0. The number of hydrogen-bond donors (Lipinski definition) is 1. The van der Waals surface area contributed by atoms with Gasteiger partial charge in [0.2, 0.25) is 11.8 Å². The summed E-state index contributed by atoms with van der Waals surface area (Å²) >= 11 is 6.13. The second kappa shape index (κ2) is 13.4. The fourth-order valence-electron chi connectivity index (χ4n) is 3.87. The van der Waals surface area contributed by atoms with E-state index < -0.39 is 34.3 Å². The smallest absolute Gasteiger partial charge is 0.264 e. The van der Waals surface area contributed by atoms with Crippen molar-refractivity contribution < 1.29 is 27.1 Å². The lowest BCUT2D eigenvalue weighted by Gasteiger charge is -2.32. The van der Waals surface area contributed by atoms with Gasteiger partial charge in [-0.2, -0.15) is 0 Å². The molecule has 0 unspecified atom stereocenters. The predicted molar refractivity (Wildman–Crippen MR) is 149 cm³/mol. The molecule has 0 aliphatic carbocycles. The SMILES string of the molecule is CCNC(=O)[C@@H](C)N(Cc1cccc(Cl)c1)C(=O)CN(c1ccc(OCC)cc1)S(=O)(=O)c1ccc(F)cc1. The Kier molecular flexibility index (Phi) is 10.3. The van der Waals surface area contributed by atoms with Crippen LogP contribution >= 0.6 is 11.6 Å². The van der Waals surface area contributed by atoms with Crippen molar-refractivity contribution >= 4 is 39.1 Å². The highest BCUT2D eigenvalue weighted by atomic mass is 35.5. The maximum atomic E-state index is 13.8. The van der Waals surface area contributed by atoms with Crippen molar-refractivity contribution in [1.29, 1.82) is 0 Å². The molecule has 0 bridgehead atoms. The number of benzene rings is 3. The van der Waals surface area contributed by atoms with Gasteiger partial charge < -0.3 is 15.0 Å². The van der Waals surface area contributed by atoms with Crippen LogP contribution < -0.4 is 14.4 Å². The van der Waals surface area contributed by atoms with Crippen molar-refractivity contribution in [2.24, 2.45) is 0 Å². The number of rotatable bonds is 12. The van der Waals surface area contributed by atoms with Crippen molar-refractivity contribution in [2.75, 3.05) is 24.0 Å². The van der Waals surface area contributed by atoms with Crippen LogP contribution in [0.2, 0.25) is 5.02 Å². The zero-order chi connectivity index (χ0) is 28.6. The van der Waals surface area contributed by atoms with Crippen LogP contribution in [-0.4, -0.2) is 50.9 Å². The fraction of sp³-hybridized carbons (Fsp3) is 0.286. The highest BCUT2D eigenvalue weighted by molar-refractivity contribution is 7.92. The molecular weight excluding hydrogens is 545 g/mol. The van der Waals surface area contributed by atoms with E-state index in [1.54, 1.807) is 50.2 Å². The summed E-state index contributed by atoms with van der Waals surface area (Å²) in [5, 5.41) is 3.16. The van der Waals surface area contributed by atoms with E-state index in [1.807, 2.05) is 6.92 Å². The number of ether oxygens (including phenoxy) is 1. The lowest BCUT2D eigenvalue weighted by molar-refractivity contribution is -0.139. The molecule has 8 nitrogen and oxygen atoms in total. The minimum absolute atomic E-state index is 0.0193. The third-order valence-corrected chi connectivity index (χ3v) is 7.90. The molecule has 0 aliphatic rings. The van der Waals surface area contributed by atoms with Gasteiger partial charge in [0.1, 0.15) is 24.2 Å². The average molecular weight is 576 g/mol. The summed E-state index contributed by atoms with van der Waals surface area (Å²) in [6, 6.07) is 16.5. The molecule has 0 aliphatic heterocycles. The Morgan fingerprint density at radius 3 is 2.28 bits per heavy atom. The van der Waals surface area contributed by atoms with E-state index >= 15 is 0 Å². The fourth-order valence-corrected chi connectivity index (χ4v) is 5.50. The van der Waals surface area contributed by atoms with Gasteiger partial charge in [0.25, 0.3) is 10.0 Å². The van der Waals surface area contributed by atoms with Gasteiger partial charge in [-0.15, -0.1) is 0 Å². The number of carbonyl (C=O) groups excluding carboxylic acids is 2. The van der Waals surface area contributed by atoms with Crippen LogP contribution in [-0.2, 0) is 26.2 Å². The van der Waals surface area contributed by atoms with Gasteiger partial charge in [0, 0.05) is 18.1 Å². The Bertz CT molecular complexity index is 1390.